The fraction of sp³-hybridized carbons (Fsp3) is 0.176. The van der Waals surface area contributed by atoms with E-state index in [0.29, 0.717) is 16.5 Å². The summed E-state index contributed by atoms with van der Waals surface area (Å²) in [4.78, 5) is 12.6. The number of carbonyl (C=O) groups is 1. The van der Waals surface area contributed by atoms with Gasteiger partial charge in [-0.3, -0.25) is 4.79 Å². The standard InChI is InChI=1S/C17H15BrN4O2S/c1-11(16(23)12-7-9-13(18)10-8-12)25-17-19-20-21-22(17)14-5-3-4-6-15(14)24-2/h3-11H,1-2H3. The minimum Gasteiger partial charge on any atom is -0.494 e. The summed E-state index contributed by atoms with van der Waals surface area (Å²) in [6.07, 6.45) is 0. The van der Waals surface area contributed by atoms with Crippen LogP contribution in [0.4, 0.5) is 0 Å². The Morgan fingerprint density at radius 1 is 1.20 bits per heavy atom. The van der Waals surface area contributed by atoms with Crippen molar-refractivity contribution in [3.63, 3.8) is 0 Å². The molecule has 6 nitrogen and oxygen atoms in total. The molecule has 3 rings (SSSR count). The normalized spacial score (nSPS) is 12.0. The largest absolute Gasteiger partial charge is 0.494 e. The van der Waals surface area contributed by atoms with Crippen LogP contribution in [0.5, 0.6) is 5.75 Å². The maximum Gasteiger partial charge on any atom is 0.214 e. The number of ether oxygens (including phenoxy) is 1. The smallest absolute Gasteiger partial charge is 0.214 e. The molecule has 0 aliphatic rings. The number of tetrazole rings is 1. The van der Waals surface area contributed by atoms with Crippen LogP contribution in [0.1, 0.15) is 17.3 Å². The van der Waals surface area contributed by atoms with Crippen molar-refractivity contribution in [2.75, 3.05) is 7.11 Å². The zero-order valence-electron chi connectivity index (χ0n) is 13.6. The van der Waals surface area contributed by atoms with E-state index >= 15 is 0 Å². The number of thioether (sulfide) groups is 1. The third-order valence-corrected chi connectivity index (χ3v) is 5.10. The van der Waals surface area contributed by atoms with Gasteiger partial charge in [0.2, 0.25) is 5.16 Å². The second-order valence-corrected chi connectivity index (χ2v) is 7.40. The monoisotopic (exact) mass is 418 g/mol. The molecule has 0 spiro atoms. The fourth-order valence-electron chi connectivity index (χ4n) is 2.27. The van der Waals surface area contributed by atoms with Gasteiger partial charge in [-0.05, 0) is 41.6 Å². The molecule has 0 saturated carbocycles. The molecule has 0 amide bonds. The molecule has 0 aliphatic heterocycles. The molecule has 0 N–H and O–H groups in total. The van der Waals surface area contributed by atoms with Crippen LogP contribution >= 0.6 is 27.7 Å². The first kappa shape index (κ1) is 17.6. The molecule has 25 heavy (non-hydrogen) atoms. The highest BCUT2D eigenvalue weighted by atomic mass is 79.9. The Kier molecular flexibility index (Phi) is 5.50. The molecule has 0 bridgehead atoms. The number of ketones is 1. The summed E-state index contributed by atoms with van der Waals surface area (Å²) in [7, 11) is 1.59. The Morgan fingerprint density at radius 2 is 1.92 bits per heavy atom. The summed E-state index contributed by atoms with van der Waals surface area (Å²) in [5, 5.41) is 12.0. The predicted molar refractivity (Wildman–Crippen MR) is 99.5 cm³/mol. The van der Waals surface area contributed by atoms with Crippen molar-refractivity contribution in [1.29, 1.82) is 0 Å². The Morgan fingerprint density at radius 3 is 2.64 bits per heavy atom. The zero-order valence-corrected chi connectivity index (χ0v) is 16.0. The molecule has 1 unspecified atom stereocenters. The van der Waals surface area contributed by atoms with Crippen molar-refractivity contribution in [1.82, 2.24) is 20.2 Å². The van der Waals surface area contributed by atoms with Crippen molar-refractivity contribution in [3.8, 4) is 11.4 Å². The number of para-hydroxylation sites is 2. The van der Waals surface area contributed by atoms with E-state index in [0.717, 1.165) is 10.2 Å². The number of halogens is 1. The van der Waals surface area contributed by atoms with E-state index < -0.39 is 0 Å². The van der Waals surface area contributed by atoms with E-state index in [2.05, 4.69) is 31.5 Å². The van der Waals surface area contributed by atoms with Crippen LogP contribution < -0.4 is 4.74 Å². The van der Waals surface area contributed by atoms with Gasteiger partial charge in [-0.15, -0.1) is 5.10 Å². The van der Waals surface area contributed by atoms with Gasteiger partial charge in [0, 0.05) is 10.0 Å². The number of aromatic nitrogens is 4. The first-order chi connectivity index (χ1) is 12.1. The summed E-state index contributed by atoms with van der Waals surface area (Å²) in [5.74, 6) is 0.676. The highest BCUT2D eigenvalue weighted by molar-refractivity contribution is 9.10. The number of Topliss-reactive ketones (excluding diaryl/α,β-unsaturated/α-hetero) is 1. The van der Waals surface area contributed by atoms with E-state index in [-0.39, 0.29) is 11.0 Å². The lowest BCUT2D eigenvalue weighted by Crippen LogP contribution is -2.14. The molecule has 128 valence electrons. The number of carbonyl (C=O) groups excluding carboxylic acids is 1. The average molecular weight is 419 g/mol. The van der Waals surface area contributed by atoms with Gasteiger partial charge in [-0.1, -0.05) is 52.0 Å². The molecule has 2 aromatic carbocycles. The second-order valence-electron chi connectivity index (χ2n) is 5.18. The SMILES string of the molecule is COc1ccccc1-n1nnnc1SC(C)C(=O)c1ccc(Br)cc1. The lowest BCUT2D eigenvalue weighted by Gasteiger charge is -2.12. The van der Waals surface area contributed by atoms with Crippen LogP contribution in [-0.2, 0) is 0 Å². The van der Waals surface area contributed by atoms with Crippen LogP contribution in [-0.4, -0.2) is 38.4 Å². The number of hydrogen-bond donors (Lipinski definition) is 0. The maximum atomic E-state index is 12.6. The first-order valence-electron chi connectivity index (χ1n) is 7.48. The third-order valence-electron chi connectivity index (χ3n) is 3.53. The molecule has 8 heteroatoms. The molecule has 1 aromatic heterocycles. The van der Waals surface area contributed by atoms with Gasteiger partial charge in [0.25, 0.3) is 0 Å². The minimum absolute atomic E-state index is 0.0204. The topological polar surface area (TPSA) is 69.9 Å². The Balaban J connectivity index is 1.83. The summed E-state index contributed by atoms with van der Waals surface area (Å²) in [6, 6.07) is 14.7. The number of benzene rings is 2. The van der Waals surface area contributed by atoms with Crippen LogP contribution in [0, 0.1) is 0 Å². The molecule has 0 saturated heterocycles. The molecule has 1 heterocycles. The van der Waals surface area contributed by atoms with Crippen molar-refractivity contribution in [3.05, 3.63) is 58.6 Å². The third kappa shape index (κ3) is 3.91. The zero-order chi connectivity index (χ0) is 17.8. The highest BCUT2D eigenvalue weighted by Gasteiger charge is 2.21. The molecular weight excluding hydrogens is 404 g/mol. The van der Waals surface area contributed by atoms with Gasteiger partial charge in [-0.25, -0.2) is 0 Å². The van der Waals surface area contributed by atoms with E-state index in [1.807, 2.05) is 43.3 Å². The lowest BCUT2D eigenvalue weighted by atomic mass is 10.1. The van der Waals surface area contributed by atoms with Gasteiger partial charge in [0.1, 0.15) is 11.4 Å². The quantitative estimate of drug-likeness (QED) is 0.447. The predicted octanol–water partition coefficient (Wildman–Crippen LogP) is 3.80. The highest BCUT2D eigenvalue weighted by Crippen LogP contribution is 2.29. The molecule has 0 fully saturated rings. The molecule has 3 aromatic rings. The molecule has 0 radical (unpaired) electrons. The number of rotatable bonds is 6. The van der Waals surface area contributed by atoms with Crippen LogP contribution in [0.2, 0.25) is 0 Å². The van der Waals surface area contributed by atoms with Gasteiger partial charge >= 0.3 is 0 Å². The van der Waals surface area contributed by atoms with Gasteiger partial charge < -0.3 is 4.74 Å². The minimum atomic E-state index is -0.333. The number of hydrogen-bond acceptors (Lipinski definition) is 6. The van der Waals surface area contributed by atoms with Gasteiger partial charge in [0.05, 0.1) is 12.4 Å². The molecule has 1 atom stereocenters. The van der Waals surface area contributed by atoms with Crippen molar-refractivity contribution < 1.29 is 9.53 Å². The first-order valence-corrected chi connectivity index (χ1v) is 9.15. The summed E-state index contributed by atoms with van der Waals surface area (Å²) < 4.78 is 7.87. The average Bonchev–Trinajstić information content (AvgIpc) is 3.09. The van der Waals surface area contributed by atoms with Crippen LogP contribution in [0.3, 0.4) is 0 Å². The van der Waals surface area contributed by atoms with Crippen LogP contribution in [0.25, 0.3) is 5.69 Å². The Hall–Kier alpha value is -2.19. The van der Waals surface area contributed by atoms with E-state index in [9.17, 15) is 4.79 Å². The molecular formula is C17H15BrN4O2S. The Labute approximate surface area is 157 Å². The summed E-state index contributed by atoms with van der Waals surface area (Å²) >= 11 is 4.68. The van der Waals surface area contributed by atoms with E-state index in [1.54, 1.807) is 23.9 Å². The van der Waals surface area contributed by atoms with Crippen molar-refractivity contribution in [2.45, 2.75) is 17.3 Å². The second kappa shape index (κ2) is 7.79. The van der Waals surface area contributed by atoms with Gasteiger partial charge in [-0.2, -0.15) is 4.68 Å². The molecule has 0 aliphatic carbocycles. The number of methoxy groups -OCH3 is 1. The van der Waals surface area contributed by atoms with Crippen molar-refractivity contribution >= 4 is 33.5 Å². The maximum absolute atomic E-state index is 12.6. The lowest BCUT2D eigenvalue weighted by molar-refractivity contribution is 0.0994. The Bertz CT molecular complexity index is 882. The van der Waals surface area contributed by atoms with Crippen molar-refractivity contribution in [2.24, 2.45) is 0 Å². The number of nitrogens with zero attached hydrogens (tertiary/aromatic N) is 4. The van der Waals surface area contributed by atoms with Gasteiger partial charge in [0.15, 0.2) is 5.78 Å². The fourth-order valence-corrected chi connectivity index (χ4v) is 3.41. The van der Waals surface area contributed by atoms with E-state index in [1.165, 1.54) is 11.8 Å². The van der Waals surface area contributed by atoms with E-state index in [4.69, 9.17) is 4.74 Å². The summed E-state index contributed by atoms with van der Waals surface area (Å²) in [6.45, 7) is 1.84. The summed E-state index contributed by atoms with van der Waals surface area (Å²) in [5.41, 5.74) is 1.38. The van der Waals surface area contributed by atoms with Crippen LogP contribution in [0.15, 0.2) is 58.2 Å².